The molecule has 2 nitrogen and oxygen atoms in total. The molecule has 19 heavy (non-hydrogen) atoms. The van der Waals surface area contributed by atoms with E-state index >= 15 is 0 Å². The average molecular weight is 265 g/mol. The molecule has 0 saturated carbocycles. The predicted octanol–water partition coefficient (Wildman–Crippen LogP) is 2.11. The fourth-order valence-corrected chi connectivity index (χ4v) is 2.78. The Kier molecular flexibility index (Phi) is 5.64. The minimum Gasteiger partial charge on any atom is -0.360 e. The third-order valence-corrected chi connectivity index (χ3v) is 4.05. The average Bonchev–Trinajstić information content (AvgIpc) is 2.45. The van der Waals surface area contributed by atoms with Gasteiger partial charge in [0.2, 0.25) is 0 Å². The van der Waals surface area contributed by atoms with E-state index in [9.17, 15) is 4.39 Å². The SMILES string of the molecule is CCCCCC[NH+]1CCN(c2ccc(F)cc2)CC1. The van der Waals surface area contributed by atoms with Gasteiger partial charge in [0.15, 0.2) is 0 Å². The predicted molar refractivity (Wildman–Crippen MR) is 78.3 cm³/mol. The molecule has 0 aromatic heterocycles. The van der Waals surface area contributed by atoms with E-state index in [0.29, 0.717) is 0 Å². The summed E-state index contributed by atoms with van der Waals surface area (Å²) in [6, 6.07) is 6.89. The van der Waals surface area contributed by atoms with E-state index in [4.69, 9.17) is 0 Å². The van der Waals surface area contributed by atoms with Crippen molar-refractivity contribution in [3.63, 3.8) is 0 Å². The minimum absolute atomic E-state index is 0.149. The smallest absolute Gasteiger partial charge is 0.123 e. The highest BCUT2D eigenvalue weighted by molar-refractivity contribution is 5.46. The quantitative estimate of drug-likeness (QED) is 0.774. The van der Waals surface area contributed by atoms with Gasteiger partial charge in [-0.1, -0.05) is 19.8 Å². The summed E-state index contributed by atoms with van der Waals surface area (Å²) >= 11 is 0. The van der Waals surface area contributed by atoms with E-state index in [0.717, 1.165) is 18.8 Å². The van der Waals surface area contributed by atoms with Crippen molar-refractivity contribution in [1.82, 2.24) is 0 Å². The first-order chi connectivity index (χ1) is 9.29. The van der Waals surface area contributed by atoms with Gasteiger partial charge < -0.3 is 9.80 Å². The van der Waals surface area contributed by atoms with Crippen molar-refractivity contribution >= 4 is 5.69 Å². The van der Waals surface area contributed by atoms with Crippen LogP contribution in [-0.2, 0) is 0 Å². The molecule has 0 atom stereocenters. The molecule has 0 amide bonds. The Morgan fingerprint density at radius 1 is 1.05 bits per heavy atom. The number of benzene rings is 1. The van der Waals surface area contributed by atoms with E-state index in [1.807, 2.05) is 12.1 Å². The van der Waals surface area contributed by atoms with Gasteiger partial charge >= 0.3 is 0 Å². The second kappa shape index (κ2) is 7.49. The zero-order chi connectivity index (χ0) is 13.5. The number of nitrogens with zero attached hydrogens (tertiary/aromatic N) is 1. The van der Waals surface area contributed by atoms with Gasteiger partial charge in [0.1, 0.15) is 5.82 Å². The topological polar surface area (TPSA) is 7.68 Å². The number of piperazine rings is 1. The Hall–Kier alpha value is -1.09. The van der Waals surface area contributed by atoms with Crippen molar-refractivity contribution in [2.24, 2.45) is 0 Å². The van der Waals surface area contributed by atoms with Gasteiger partial charge in [0.25, 0.3) is 0 Å². The summed E-state index contributed by atoms with van der Waals surface area (Å²) in [5.74, 6) is -0.149. The van der Waals surface area contributed by atoms with Crippen molar-refractivity contribution in [1.29, 1.82) is 0 Å². The first kappa shape index (κ1) is 14.3. The first-order valence-electron chi connectivity index (χ1n) is 7.63. The third kappa shape index (κ3) is 4.50. The van der Waals surface area contributed by atoms with Gasteiger partial charge in [-0.3, -0.25) is 0 Å². The molecule has 1 heterocycles. The van der Waals surface area contributed by atoms with Crippen LogP contribution in [0.5, 0.6) is 0 Å². The number of rotatable bonds is 6. The van der Waals surface area contributed by atoms with Crippen LogP contribution in [-0.4, -0.2) is 32.7 Å². The van der Waals surface area contributed by atoms with Crippen molar-refractivity contribution < 1.29 is 9.29 Å². The van der Waals surface area contributed by atoms with E-state index in [2.05, 4.69) is 11.8 Å². The number of halogens is 1. The summed E-state index contributed by atoms with van der Waals surface area (Å²) in [5, 5.41) is 0. The lowest BCUT2D eigenvalue weighted by atomic mass is 10.2. The Labute approximate surface area is 116 Å². The van der Waals surface area contributed by atoms with Crippen molar-refractivity contribution in [2.45, 2.75) is 32.6 Å². The summed E-state index contributed by atoms with van der Waals surface area (Å²) < 4.78 is 12.9. The van der Waals surface area contributed by atoms with Crippen LogP contribution < -0.4 is 9.80 Å². The number of hydrogen-bond acceptors (Lipinski definition) is 1. The fourth-order valence-electron chi connectivity index (χ4n) is 2.78. The number of unbranched alkanes of at least 4 members (excludes halogenated alkanes) is 3. The summed E-state index contributed by atoms with van der Waals surface area (Å²) in [5.41, 5.74) is 1.16. The van der Waals surface area contributed by atoms with Gasteiger partial charge in [-0.2, -0.15) is 0 Å². The van der Waals surface area contributed by atoms with Crippen LogP contribution in [0.3, 0.4) is 0 Å². The summed E-state index contributed by atoms with van der Waals surface area (Å²) in [7, 11) is 0. The number of hydrogen-bond donors (Lipinski definition) is 1. The van der Waals surface area contributed by atoms with Crippen LogP contribution in [0.15, 0.2) is 24.3 Å². The Morgan fingerprint density at radius 3 is 2.37 bits per heavy atom. The van der Waals surface area contributed by atoms with E-state index in [1.165, 1.54) is 45.3 Å². The summed E-state index contributed by atoms with van der Waals surface area (Å²) in [6.45, 7) is 8.18. The standard InChI is InChI=1S/C16H25FN2/c1-2-3-4-5-10-18-11-13-19(14-12-18)16-8-6-15(17)7-9-16/h6-9H,2-5,10-14H2,1H3/p+1. The largest absolute Gasteiger partial charge is 0.360 e. The molecule has 106 valence electrons. The molecule has 1 fully saturated rings. The zero-order valence-electron chi connectivity index (χ0n) is 12.0. The molecule has 1 aliphatic heterocycles. The van der Waals surface area contributed by atoms with Gasteiger partial charge in [-0.05, 0) is 37.1 Å². The molecule has 1 aliphatic rings. The maximum Gasteiger partial charge on any atom is 0.123 e. The molecule has 1 N–H and O–H groups in total. The lowest BCUT2D eigenvalue weighted by Crippen LogP contribution is -3.14. The molecular formula is C16H26FN2+. The third-order valence-electron chi connectivity index (χ3n) is 4.05. The molecule has 3 heteroatoms. The molecule has 0 radical (unpaired) electrons. The molecule has 2 rings (SSSR count). The molecule has 0 bridgehead atoms. The van der Waals surface area contributed by atoms with Crippen molar-refractivity contribution in [3.05, 3.63) is 30.1 Å². The van der Waals surface area contributed by atoms with Gasteiger partial charge in [0.05, 0.1) is 32.7 Å². The molecule has 0 aliphatic carbocycles. The van der Waals surface area contributed by atoms with E-state index in [-0.39, 0.29) is 5.82 Å². The highest BCUT2D eigenvalue weighted by Gasteiger charge is 2.19. The normalized spacial score (nSPS) is 16.8. The lowest BCUT2D eigenvalue weighted by molar-refractivity contribution is -0.900. The van der Waals surface area contributed by atoms with Crippen LogP contribution in [0.25, 0.3) is 0 Å². The lowest BCUT2D eigenvalue weighted by Gasteiger charge is -2.33. The molecule has 0 spiro atoms. The molecule has 1 aromatic rings. The van der Waals surface area contributed by atoms with Crippen LogP contribution in [0.4, 0.5) is 10.1 Å². The maximum absolute atomic E-state index is 12.9. The highest BCUT2D eigenvalue weighted by Crippen LogP contribution is 2.14. The van der Waals surface area contributed by atoms with Gasteiger partial charge in [0, 0.05) is 5.69 Å². The fraction of sp³-hybridized carbons (Fsp3) is 0.625. The van der Waals surface area contributed by atoms with Gasteiger partial charge in [-0.25, -0.2) is 4.39 Å². The molecule has 0 unspecified atom stereocenters. The summed E-state index contributed by atoms with van der Waals surface area (Å²) in [6.07, 6.45) is 5.42. The summed E-state index contributed by atoms with van der Waals surface area (Å²) in [4.78, 5) is 4.10. The van der Waals surface area contributed by atoms with Crippen LogP contribution in [0.2, 0.25) is 0 Å². The first-order valence-corrected chi connectivity index (χ1v) is 7.63. The molecule has 1 saturated heterocycles. The van der Waals surface area contributed by atoms with E-state index in [1.54, 1.807) is 17.0 Å². The monoisotopic (exact) mass is 265 g/mol. The Morgan fingerprint density at radius 2 is 1.74 bits per heavy atom. The minimum atomic E-state index is -0.149. The van der Waals surface area contributed by atoms with Crippen molar-refractivity contribution in [2.75, 3.05) is 37.6 Å². The molecule has 1 aromatic carbocycles. The van der Waals surface area contributed by atoms with Gasteiger partial charge in [-0.15, -0.1) is 0 Å². The van der Waals surface area contributed by atoms with Crippen LogP contribution in [0, 0.1) is 5.82 Å². The number of nitrogens with one attached hydrogen (secondary N) is 1. The number of quaternary nitrogens is 1. The Bertz CT molecular complexity index is 356. The second-order valence-corrected chi connectivity index (χ2v) is 5.52. The maximum atomic E-state index is 12.9. The molecular weight excluding hydrogens is 239 g/mol. The number of anilines is 1. The highest BCUT2D eigenvalue weighted by atomic mass is 19.1. The Balaban J connectivity index is 1.71. The zero-order valence-corrected chi connectivity index (χ0v) is 12.0. The van der Waals surface area contributed by atoms with Crippen LogP contribution in [0.1, 0.15) is 32.6 Å². The van der Waals surface area contributed by atoms with E-state index < -0.39 is 0 Å². The van der Waals surface area contributed by atoms with Crippen LogP contribution >= 0.6 is 0 Å². The second-order valence-electron chi connectivity index (χ2n) is 5.52. The van der Waals surface area contributed by atoms with Crippen molar-refractivity contribution in [3.8, 4) is 0 Å².